The zero-order chi connectivity index (χ0) is 21.2. The van der Waals surface area contributed by atoms with Crippen molar-refractivity contribution >= 4 is 11.5 Å². The monoisotopic (exact) mass is 429 g/mol. The van der Waals surface area contributed by atoms with Gasteiger partial charge in [0, 0.05) is 44.1 Å². The predicted molar refractivity (Wildman–Crippen MR) is 102 cm³/mol. The highest BCUT2D eigenvalue weighted by molar-refractivity contribution is 5.52. The van der Waals surface area contributed by atoms with Crippen LogP contribution in [-0.4, -0.2) is 42.2 Å². The number of halogens is 3. The molecule has 1 aliphatic carbocycles. The van der Waals surface area contributed by atoms with Gasteiger partial charge in [-0.3, -0.25) is 0 Å². The number of anilines is 1. The molecule has 6 rings (SSSR count). The van der Waals surface area contributed by atoms with Crippen molar-refractivity contribution in [1.82, 2.24) is 29.8 Å². The van der Waals surface area contributed by atoms with Crippen LogP contribution in [0.5, 0.6) is 0 Å². The molecule has 1 fully saturated rings. The molecule has 1 atom stereocenters. The lowest BCUT2D eigenvalue weighted by molar-refractivity contribution is -0.110. The van der Waals surface area contributed by atoms with Crippen LogP contribution in [0.3, 0.4) is 0 Å². The van der Waals surface area contributed by atoms with Gasteiger partial charge in [0.05, 0.1) is 17.7 Å². The summed E-state index contributed by atoms with van der Waals surface area (Å²) in [5, 5.41) is 12.8. The van der Waals surface area contributed by atoms with Gasteiger partial charge in [0.1, 0.15) is 17.4 Å². The number of aromatic amines is 1. The van der Waals surface area contributed by atoms with Crippen LogP contribution >= 0.6 is 0 Å². The fourth-order valence-electron chi connectivity index (χ4n) is 4.54. The highest BCUT2D eigenvalue weighted by Gasteiger charge is 2.45. The molecule has 1 aliphatic heterocycles. The van der Waals surface area contributed by atoms with Crippen molar-refractivity contribution in [1.29, 1.82) is 0 Å². The largest absolute Gasteiger partial charge is 0.408 e. The summed E-state index contributed by atoms with van der Waals surface area (Å²) >= 11 is 0. The van der Waals surface area contributed by atoms with Gasteiger partial charge in [-0.25, -0.2) is 22.7 Å². The molecule has 4 aromatic heterocycles. The molecule has 8 nitrogen and oxygen atoms in total. The van der Waals surface area contributed by atoms with Crippen molar-refractivity contribution < 1.29 is 17.6 Å². The Bertz CT molecular complexity index is 1250. The predicted octanol–water partition coefficient (Wildman–Crippen LogP) is 3.32. The van der Waals surface area contributed by atoms with Crippen molar-refractivity contribution in [2.45, 2.75) is 37.6 Å². The lowest BCUT2D eigenvalue weighted by atomic mass is 9.79. The molecule has 0 radical (unpaired) electrons. The molecule has 11 heteroatoms. The number of imidazole rings is 1. The van der Waals surface area contributed by atoms with E-state index in [0.717, 1.165) is 11.4 Å². The van der Waals surface area contributed by atoms with E-state index in [1.165, 1.54) is 10.6 Å². The molecular formula is C20H18F3N7O. The van der Waals surface area contributed by atoms with E-state index in [-0.39, 0.29) is 30.6 Å². The molecule has 5 heterocycles. The second kappa shape index (κ2) is 6.56. The fourth-order valence-corrected chi connectivity index (χ4v) is 4.54. The SMILES string of the molecule is Fc1cccn2nc([C@@H]3c4nc[nH]c4CCN3c3nnc(CC4CC(F)(F)C4)o3)cc12. The zero-order valence-electron chi connectivity index (χ0n) is 16.3. The van der Waals surface area contributed by atoms with Crippen LogP contribution in [0.15, 0.2) is 35.1 Å². The molecule has 1 N–H and O–H groups in total. The maximum atomic E-state index is 14.3. The van der Waals surface area contributed by atoms with Crippen LogP contribution in [0.25, 0.3) is 5.52 Å². The summed E-state index contributed by atoms with van der Waals surface area (Å²) in [6.45, 7) is 0.555. The van der Waals surface area contributed by atoms with Crippen LogP contribution in [0.2, 0.25) is 0 Å². The van der Waals surface area contributed by atoms with Gasteiger partial charge < -0.3 is 14.3 Å². The van der Waals surface area contributed by atoms with E-state index in [9.17, 15) is 13.2 Å². The summed E-state index contributed by atoms with van der Waals surface area (Å²) in [6, 6.07) is 4.48. The van der Waals surface area contributed by atoms with Gasteiger partial charge in [-0.15, -0.1) is 5.10 Å². The van der Waals surface area contributed by atoms with E-state index in [1.54, 1.807) is 24.7 Å². The Morgan fingerprint density at radius 3 is 2.94 bits per heavy atom. The minimum atomic E-state index is -2.58. The maximum Gasteiger partial charge on any atom is 0.319 e. The van der Waals surface area contributed by atoms with Crippen LogP contribution in [0.4, 0.5) is 19.2 Å². The molecule has 1 saturated carbocycles. The van der Waals surface area contributed by atoms with Crippen LogP contribution < -0.4 is 4.90 Å². The summed E-state index contributed by atoms with van der Waals surface area (Å²) < 4.78 is 47.9. The standard InChI is InChI=1S/C20H18F3N7O/c21-12-2-1-4-30-15(12)7-14(28-30)18-17-13(24-10-25-17)3-5-29(18)19-27-26-16(31-19)6-11-8-20(22,23)9-11/h1-2,4,7,10-11,18H,3,5-6,8-9H2,(H,24,25)/t18-/m1/s1. The number of nitrogens with zero attached hydrogens (tertiary/aromatic N) is 6. The molecule has 0 amide bonds. The van der Waals surface area contributed by atoms with Crippen molar-refractivity contribution in [3.05, 3.63) is 59.5 Å². The molecule has 160 valence electrons. The van der Waals surface area contributed by atoms with Gasteiger partial charge in [-0.1, -0.05) is 5.10 Å². The van der Waals surface area contributed by atoms with E-state index in [2.05, 4.69) is 25.3 Å². The Balaban J connectivity index is 1.35. The molecule has 0 spiro atoms. The van der Waals surface area contributed by atoms with E-state index >= 15 is 0 Å². The maximum absolute atomic E-state index is 14.3. The van der Waals surface area contributed by atoms with Crippen LogP contribution in [0.1, 0.15) is 41.9 Å². The van der Waals surface area contributed by atoms with E-state index in [4.69, 9.17) is 4.42 Å². The normalized spacial score (nSPS) is 20.7. The average Bonchev–Trinajstić information content (AvgIpc) is 3.45. The quantitative estimate of drug-likeness (QED) is 0.536. The van der Waals surface area contributed by atoms with Gasteiger partial charge in [-0.05, 0) is 24.1 Å². The number of alkyl halides is 2. The lowest BCUT2D eigenvalue weighted by Crippen LogP contribution is -2.37. The average molecular weight is 429 g/mol. The highest BCUT2D eigenvalue weighted by atomic mass is 19.3. The molecule has 2 aliphatic rings. The Labute approximate surface area is 174 Å². The third kappa shape index (κ3) is 3.06. The minimum absolute atomic E-state index is 0.152. The van der Waals surface area contributed by atoms with Gasteiger partial charge in [0.15, 0.2) is 0 Å². The first kappa shape index (κ1) is 18.4. The second-order valence-corrected chi connectivity index (χ2v) is 8.18. The molecule has 0 bridgehead atoms. The van der Waals surface area contributed by atoms with Crippen LogP contribution in [0, 0.1) is 11.7 Å². The first-order valence-electron chi connectivity index (χ1n) is 10.1. The Morgan fingerprint density at radius 1 is 1.26 bits per heavy atom. The van der Waals surface area contributed by atoms with Gasteiger partial charge in [0.2, 0.25) is 11.8 Å². The summed E-state index contributed by atoms with van der Waals surface area (Å²) in [5.41, 5.74) is 2.68. The molecule has 4 aromatic rings. The summed E-state index contributed by atoms with van der Waals surface area (Å²) in [6.07, 6.45) is 4.00. The molecule has 0 aromatic carbocycles. The van der Waals surface area contributed by atoms with E-state index < -0.39 is 12.0 Å². The third-order valence-electron chi connectivity index (χ3n) is 6.01. The smallest absolute Gasteiger partial charge is 0.319 e. The van der Waals surface area contributed by atoms with Crippen molar-refractivity contribution in [2.24, 2.45) is 5.92 Å². The summed E-state index contributed by atoms with van der Waals surface area (Å²) in [5.74, 6) is -2.77. The third-order valence-corrected chi connectivity index (χ3v) is 6.01. The second-order valence-electron chi connectivity index (χ2n) is 8.18. The summed E-state index contributed by atoms with van der Waals surface area (Å²) in [4.78, 5) is 9.49. The van der Waals surface area contributed by atoms with Gasteiger partial charge in [-0.2, -0.15) is 5.10 Å². The Kier molecular flexibility index (Phi) is 3.90. The van der Waals surface area contributed by atoms with Crippen molar-refractivity contribution in [3.8, 4) is 0 Å². The first-order chi connectivity index (χ1) is 15.0. The number of pyridine rings is 1. The van der Waals surface area contributed by atoms with Gasteiger partial charge >= 0.3 is 6.01 Å². The summed E-state index contributed by atoms with van der Waals surface area (Å²) in [7, 11) is 0. The molecular weight excluding hydrogens is 411 g/mol. The topological polar surface area (TPSA) is 88.1 Å². The number of fused-ring (bicyclic) bond motifs is 2. The zero-order valence-corrected chi connectivity index (χ0v) is 16.3. The van der Waals surface area contributed by atoms with Crippen molar-refractivity contribution in [2.75, 3.05) is 11.4 Å². The lowest BCUT2D eigenvalue weighted by Gasteiger charge is -2.34. The van der Waals surface area contributed by atoms with E-state index in [1.807, 2.05) is 4.90 Å². The minimum Gasteiger partial charge on any atom is -0.408 e. The number of hydrogen-bond donors (Lipinski definition) is 1. The van der Waals surface area contributed by atoms with Gasteiger partial charge in [0.25, 0.3) is 0 Å². The van der Waals surface area contributed by atoms with Crippen LogP contribution in [-0.2, 0) is 12.8 Å². The number of hydrogen-bond acceptors (Lipinski definition) is 6. The number of rotatable bonds is 4. The van der Waals surface area contributed by atoms with Crippen molar-refractivity contribution in [3.63, 3.8) is 0 Å². The Hall–Kier alpha value is -3.37. The number of nitrogens with one attached hydrogen (secondary N) is 1. The van der Waals surface area contributed by atoms with E-state index in [0.29, 0.717) is 36.5 Å². The Morgan fingerprint density at radius 2 is 2.13 bits per heavy atom. The number of H-pyrrole nitrogens is 1. The highest BCUT2D eigenvalue weighted by Crippen LogP contribution is 2.44. The first-order valence-corrected chi connectivity index (χ1v) is 10.1. The molecule has 0 unspecified atom stereocenters. The fraction of sp³-hybridized carbons (Fsp3) is 0.400. The molecule has 31 heavy (non-hydrogen) atoms. The number of aromatic nitrogens is 6. The molecule has 0 saturated heterocycles.